The maximum atomic E-state index is 13.4. The van der Waals surface area contributed by atoms with Gasteiger partial charge in [0.25, 0.3) is 0 Å². The number of ether oxygens (including phenoxy) is 1. The largest absolute Gasteiger partial charge is 0.468 e. The molecule has 0 aromatic heterocycles. The van der Waals surface area contributed by atoms with Crippen LogP contribution in [0.5, 0.6) is 0 Å². The summed E-state index contributed by atoms with van der Waals surface area (Å²) < 4.78 is 18.6. The number of carbonyl (C=O) groups excluding carboxylic acids is 2. The van der Waals surface area contributed by atoms with Crippen molar-refractivity contribution in [1.82, 2.24) is 0 Å². The van der Waals surface area contributed by atoms with Crippen LogP contribution < -0.4 is 5.32 Å². The van der Waals surface area contributed by atoms with E-state index in [1.54, 1.807) is 6.92 Å². The van der Waals surface area contributed by atoms with E-state index in [-0.39, 0.29) is 12.1 Å². The van der Waals surface area contributed by atoms with Crippen LogP contribution in [0.1, 0.15) is 13.3 Å². The lowest BCUT2D eigenvalue weighted by Gasteiger charge is -2.13. The topological polar surface area (TPSA) is 55.4 Å². The molecule has 1 aromatic carbocycles. The number of hydrogen-bond donors (Lipinski definition) is 1. The molecule has 6 heteroatoms. The highest BCUT2D eigenvalue weighted by Gasteiger charge is 2.26. The van der Waals surface area contributed by atoms with Gasteiger partial charge in [-0.1, -0.05) is 22.9 Å². The van der Waals surface area contributed by atoms with Crippen LogP contribution in [0.25, 0.3) is 0 Å². The summed E-state index contributed by atoms with van der Waals surface area (Å²) >= 11 is 3.17. The number of hydrogen-bond acceptors (Lipinski definition) is 3. The first-order valence-electron chi connectivity index (χ1n) is 5.33. The van der Waals surface area contributed by atoms with Gasteiger partial charge < -0.3 is 10.1 Å². The van der Waals surface area contributed by atoms with Crippen molar-refractivity contribution in [3.05, 3.63) is 28.5 Å². The second kappa shape index (κ2) is 6.49. The molecule has 1 N–H and O–H groups in total. The van der Waals surface area contributed by atoms with Crippen LogP contribution in [-0.4, -0.2) is 19.0 Å². The molecule has 18 heavy (non-hydrogen) atoms. The highest BCUT2D eigenvalue weighted by Crippen LogP contribution is 2.21. The van der Waals surface area contributed by atoms with Crippen molar-refractivity contribution < 1.29 is 18.7 Å². The summed E-state index contributed by atoms with van der Waals surface area (Å²) in [6.07, 6.45) is 0.286. The van der Waals surface area contributed by atoms with Crippen molar-refractivity contribution in [3.63, 3.8) is 0 Å². The summed E-state index contributed by atoms with van der Waals surface area (Å²) in [5.41, 5.74) is 0.0247. The maximum absolute atomic E-state index is 13.4. The van der Waals surface area contributed by atoms with E-state index in [0.717, 1.165) is 0 Å². The van der Waals surface area contributed by atoms with Gasteiger partial charge in [0.2, 0.25) is 5.91 Å². The Balaban J connectivity index is 2.86. The van der Waals surface area contributed by atoms with E-state index in [1.807, 2.05) is 0 Å². The molecule has 1 atom stereocenters. The van der Waals surface area contributed by atoms with E-state index in [1.165, 1.54) is 25.3 Å². The lowest BCUT2D eigenvalue weighted by molar-refractivity contribution is -0.148. The third kappa shape index (κ3) is 3.53. The first kappa shape index (κ1) is 14.6. The Kier molecular flexibility index (Phi) is 5.27. The number of carbonyl (C=O) groups is 2. The molecular formula is C12H13BrFNO3. The van der Waals surface area contributed by atoms with Crippen LogP contribution in [0.2, 0.25) is 0 Å². The highest BCUT2D eigenvalue weighted by atomic mass is 79.9. The predicted octanol–water partition coefficient (Wildman–Crippen LogP) is 2.73. The number of amides is 1. The summed E-state index contributed by atoms with van der Waals surface area (Å²) in [4.78, 5) is 23.2. The van der Waals surface area contributed by atoms with Crippen LogP contribution in [0, 0.1) is 11.7 Å². The Hall–Kier alpha value is -1.43. The Bertz CT molecular complexity index is 465. The molecule has 0 aliphatic heterocycles. The molecular weight excluding hydrogens is 305 g/mol. The van der Waals surface area contributed by atoms with Crippen LogP contribution in [-0.2, 0) is 14.3 Å². The highest BCUT2D eigenvalue weighted by molar-refractivity contribution is 9.10. The van der Waals surface area contributed by atoms with Crippen molar-refractivity contribution in [1.29, 1.82) is 0 Å². The van der Waals surface area contributed by atoms with E-state index in [2.05, 4.69) is 26.0 Å². The van der Waals surface area contributed by atoms with E-state index < -0.39 is 23.6 Å². The number of halogens is 2. The van der Waals surface area contributed by atoms with Gasteiger partial charge in [-0.25, -0.2) is 4.39 Å². The number of methoxy groups -OCH3 is 1. The van der Waals surface area contributed by atoms with Crippen LogP contribution >= 0.6 is 15.9 Å². The third-order valence-electron chi connectivity index (χ3n) is 2.40. The molecule has 1 aromatic rings. The molecule has 1 rings (SSSR count). The molecule has 1 unspecified atom stereocenters. The van der Waals surface area contributed by atoms with Gasteiger partial charge in [-0.2, -0.15) is 0 Å². The van der Waals surface area contributed by atoms with Crippen molar-refractivity contribution >= 4 is 33.5 Å². The fourth-order valence-corrected chi connectivity index (χ4v) is 1.78. The van der Waals surface area contributed by atoms with E-state index in [0.29, 0.717) is 4.47 Å². The molecule has 0 saturated heterocycles. The van der Waals surface area contributed by atoms with Crippen molar-refractivity contribution in [3.8, 4) is 0 Å². The minimum absolute atomic E-state index is 0.0247. The van der Waals surface area contributed by atoms with E-state index in [4.69, 9.17) is 0 Å². The Morgan fingerprint density at radius 3 is 2.72 bits per heavy atom. The molecule has 1 amide bonds. The van der Waals surface area contributed by atoms with E-state index >= 15 is 0 Å². The average molecular weight is 318 g/mol. The monoisotopic (exact) mass is 317 g/mol. The zero-order valence-electron chi connectivity index (χ0n) is 10.00. The number of esters is 1. The predicted molar refractivity (Wildman–Crippen MR) is 68.5 cm³/mol. The van der Waals surface area contributed by atoms with Gasteiger partial charge in [-0.05, 0) is 24.6 Å². The molecule has 0 fully saturated rings. The third-order valence-corrected chi connectivity index (χ3v) is 2.89. The first-order chi connectivity index (χ1) is 8.49. The number of benzene rings is 1. The zero-order chi connectivity index (χ0) is 13.7. The number of anilines is 1. The number of rotatable bonds is 4. The second-order valence-corrected chi connectivity index (χ2v) is 4.51. The fourth-order valence-electron chi connectivity index (χ4n) is 1.41. The molecule has 0 radical (unpaired) electrons. The Labute approximate surface area is 113 Å². The molecule has 0 heterocycles. The van der Waals surface area contributed by atoms with Crippen LogP contribution in [0.3, 0.4) is 0 Å². The molecule has 0 aliphatic rings. The zero-order valence-corrected chi connectivity index (χ0v) is 11.6. The smallest absolute Gasteiger partial charge is 0.318 e. The summed E-state index contributed by atoms with van der Waals surface area (Å²) in [5, 5.41) is 2.37. The number of nitrogens with one attached hydrogen (secondary N) is 1. The van der Waals surface area contributed by atoms with Gasteiger partial charge in [-0.15, -0.1) is 0 Å². The summed E-state index contributed by atoms with van der Waals surface area (Å²) in [6, 6.07) is 4.17. The lowest BCUT2D eigenvalue weighted by Crippen LogP contribution is -2.30. The fraction of sp³-hybridized carbons (Fsp3) is 0.333. The Morgan fingerprint density at radius 2 is 2.17 bits per heavy atom. The van der Waals surface area contributed by atoms with E-state index in [9.17, 15) is 14.0 Å². The minimum Gasteiger partial charge on any atom is -0.468 e. The van der Waals surface area contributed by atoms with Crippen molar-refractivity contribution in [2.75, 3.05) is 12.4 Å². The van der Waals surface area contributed by atoms with Gasteiger partial charge in [0.1, 0.15) is 11.7 Å². The minimum atomic E-state index is -0.937. The van der Waals surface area contributed by atoms with Gasteiger partial charge in [0.05, 0.1) is 12.8 Å². The summed E-state index contributed by atoms with van der Waals surface area (Å²) in [5.74, 6) is -2.72. The first-order valence-corrected chi connectivity index (χ1v) is 6.12. The van der Waals surface area contributed by atoms with Crippen LogP contribution in [0.15, 0.2) is 22.7 Å². The van der Waals surface area contributed by atoms with Gasteiger partial charge >= 0.3 is 5.97 Å². The van der Waals surface area contributed by atoms with Crippen molar-refractivity contribution in [2.45, 2.75) is 13.3 Å². The molecule has 0 saturated carbocycles. The molecule has 4 nitrogen and oxygen atoms in total. The normalized spacial score (nSPS) is 11.8. The van der Waals surface area contributed by atoms with Gasteiger partial charge in [-0.3, -0.25) is 9.59 Å². The van der Waals surface area contributed by atoms with Crippen molar-refractivity contribution in [2.24, 2.45) is 5.92 Å². The van der Waals surface area contributed by atoms with Gasteiger partial charge in [0, 0.05) is 4.47 Å². The lowest BCUT2D eigenvalue weighted by atomic mass is 10.1. The average Bonchev–Trinajstić information content (AvgIpc) is 2.34. The summed E-state index contributed by atoms with van der Waals surface area (Å²) in [6.45, 7) is 1.68. The Morgan fingerprint density at radius 1 is 1.50 bits per heavy atom. The quantitative estimate of drug-likeness (QED) is 0.686. The standard InChI is InChI=1S/C12H13BrFNO3/c1-3-8(12(17)18-2)11(16)15-10-6-7(13)4-5-9(10)14/h4-6,8H,3H2,1-2H3,(H,15,16). The maximum Gasteiger partial charge on any atom is 0.318 e. The molecule has 98 valence electrons. The SMILES string of the molecule is CCC(C(=O)Nc1cc(Br)ccc1F)C(=O)OC. The molecule has 0 bridgehead atoms. The van der Waals surface area contributed by atoms with Gasteiger partial charge in [0.15, 0.2) is 0 Å². The van der Waals surface area contributed by atoms with Crippen LogP contribution in [0.4, 0.5) is 10.1 Å². The summed E-state index contributed by atoms with van der Waals surface area (Å²) in [7, 11) is 1.21. The second-order valence-electron chi connectivity index (χ2n) is 3.60. The molecule has 0 spiro atoms. The molecule has 0 aliphatic carbocycles.